The van der Waals surface area contributed by atoms with Crippen molar-refractivity contribution in [3.8, 4) is 0 Å². The first-order valence-electron chi connectivity index (χ1n) is 9.58. The monoisotopic (exact) mass is 409 g/mol. The molecule has 0 saturated heterocycles. The lowest BCUT2D eigenvalue weighted by Gasteiger charge is -2.11. The van der Waals surface area contributed by atoms with Crippen LogP contribution >= 0.6 is 0 Å². The molecule has 2 amide bonds. The first kappa shape index (κ1) is 19.4. The molecule has 0 radical (unpaired) electrons. The van der Waals surface area contributed by atoms with E-state index in [9.17, 15) is 13.2 Å². The number of urea groups is 1. The number of nitrogens with one attached hydrogen (secondary N) is 3. The van der Waals surface area contributed by atoms with E-state index in [0.29, 0.717) is 5.69 Å². The molecule has 150 valence electrons. The van der Waals surface area contributed by atoms with Gasteiger partial charge in [0, 0.05) is 24.5 Å². The molecule has 1 aliphatic carbocycles. The van der Waals surface area contributed by atoms with Crippen LogP contribution in [0.15, 0.2) is 71.3 Å². The van der Waals surface area contributed by atoms with E-state index in [1.807, 2.05) is 36.4 Å². The molecule has 2 aromatic rings. The van der Waals surface area contributed by atoms with Gasteiger partial charge in [-0.15, -0.1) is 0 Å². The van der Waals surface area contributed by atoms with Crippen LogP contribution in [-0.2, 0) is 28.7 Å². The number of rotatable bonds is 5. The molecule has 0 aromatic heterocycles. The summed E-state index contributed by atoms with van der Waals surface area (Å²) in [4.78, 5) is 12.3. The smallest absolute Gasteiger partial charge is 0.309 e. The van der Waals surface area contributed by atoms with Gasteiger partial charge >= 0.3 is 6.03 Å². The first-order valence-corrected chi connectivity index (χ1v) is 11.2. The number of amides is 2. The summed E-state index contributed by atoms with van der Waals surface area (Å²) in [5, 5.41) is 8.75. The van der Waals surface area contributed by atoms with E-state index in [-0.39, 0.29) is 16.7 Å². The molecule has 2 aliphatic rings. The maximum atomic E-state index is 12.8. The van der Waals surface area contributed by atoms with Crippen LogP contribution < -0.4 is 16.0 Å². The molecule has 6 nitrogen and oxygen atoms in total. The van der Waals surface area contributed by atoms with E-state index < -0.39 is 9.84 Å². The maximum absolute atomic E-state index is 12.8. The molecular formula is C22H23N3O3S. The van der Waals surface area contributed by atoms with Crippen molar-refractivity contribution in [1.82, 2.24) is 10.6 Å². The lowest BCUT2D eigenvalue weighted by molar-refractivity contribution is 0.254. The standard InChI is InChI=1S/C22H23N3O3S/c26-22(24-19-4-2-1-3-5-19)25-20-8-10-21(11-9-20)29(27,28)15-16-6-7-17-13-23-14-18(17)12-16/h2,4-12,23H,1,3,13-15H2,(H2,24,25,26). The summed E-state index contributed by atoms with van der Waals surface area (Å²) >= 11 is 0. The van der Waals surface area contributed by atoms with Gasteiger partial charge in [-0.2, -0.15) is 0 Å². The van der Waals surface area contributed by atoms with E-state index in [2.05, 4.69) is 16.0 Å². The second kappa shape index (κ2) is 8.23. The van der Waals surface area contributed by atoms with Crippen molar-refractivity contribution in [3.63, 3.8) is 0 Å². The highest BCUT2D eigenvalue weighted by Crippen LogP contribution is 2.22. The Morgan fingerprint density at radius 3 is 2.52 bits per heavy atom. The third-order valence-corrected chi connectivity index (χ3v) is 6.69. The van der Waals surface area contributed by atoms with E-state index in [0.717, 1.165) is 42.8 Å². The summed E-state index contributed by atoms with van der Waals surface area (Å²) in [7, 11) is -3.47. The van der Waals surface area contributed by atoms with Crippen LogP contribution in [-0.4, -0.2) is 14.4 Å². The zero-order chi connectivity index (χ0) is 20.3. The molecule has 0 spiro atoms. The molecule has 3 N–H and O–H groups in total. The molecule has 0 fully saturated rings. The lowest BCUT2D eigenvalue weighted by atomic mass is 10.1. The summed E-state index contributed by atoms with van der Waals surface area (Å²) in [6.45, 7) is 1.61. The molecule has 7 heteroatoms. The predicted molar refractivity (Wildman–Crippen MR) is 113 cm³/mol. The minimum Gasteiger partial charge on any atom is -0.309 e. The normalized spacial score (nSPS) is 15.5. The fraction of sp³-hybridized carbons (Fsp3) is 0.227. The third-order valence-electron chi connectivity index (χ3n) is 4.98. The number of sulfone groups is 1. The van der Waals surface area contributed by atoms with Crippen LogP contribution in [0.5, 0.6) is 0 Å². The number of benzene rings is 2. The fourth-order valence-corrected chi connectivity index (χ4v) is 4.82. The molecule has 29 heavy (non-hydrogen) atoms. The number of carbonyl (C=O) groups excluding carboxylic acids is 1. The molecule has 4 rings (SSSR count). The average molecular weight is 410 g/mol. The van der Waals surface area contributed by atoms with Gasteiger partial charge in [0.05, 0.1) is 10.6 Å². The molecular weight excluding hydrogens is 386 g/mol. The van der Waals surface area contributed by atoms with Crippen LogP contribution in [0, 0.1) is 0 Å². The van der Waals surface area contributed by atoms with Gasteiger partial charge < -0.3 is 16.0 Å². The van der Waals surface area contributed by atoms with Gasteiger partial charge in [-0.1, -0.05) is 30.4 Å². The van der Waals surface area contributed by atoms with Crippen molar-refractivity contribution in [2.24, 2.45) is 0 Å². The number of carbonyl (C=O) groups is 1. The van der Waals surface area contributed by atoms with Gasteiger partial charge in [-0.25, -0.2) is 13.2 Å². The summed E-state index contributed by atoms with van der Waals surface area (Å²) in [5.41, 5.74) is 4.45. The lowest BCUT2D eigenvalue weighted by Crippen LogP contribution is -2.27. The van der Waals surface area contributed by atoms with E-state index >= 15 is 0 Å². The molecule has 2 aromatic carbocycles. The van der Waals surface area contributed by atoms with Crippen LogP contribution in [0.25, 0.3) is 0 Å². The Morgan fingerprint density at radius 1 is 0.966 bits per heavy atom. The first-order chi connectivity index (χ1) is 14.0. The van der Waals surface area contributed by atoms with Gasteiger partial charge in [-0.05, 0) is 59.9 Å². The topological polar surface area (TPSA) is 87.3 Å². The average Bonchev–Trinajstić information content (AvgIpc) is 3.16. The van der Waals surface area contributed by atoms with Gasteiger partial charge in [0.15, 0.2) is 9.84 Å². The Balaban J connectivity index is 1.40. The molecule has 0 bridgehead atoms. The van der Waals surface area contributed by atoms with Crippen LogP contribution in [0.1, 0.15) is 29.5 Å². The number of hydrogen-bond acceptors (Lipinski definition) is 4. The molecule has 1 heterocycles. The Hall–Kier alpha value is -2.90. The zero-order valence-corrected chi connectivity index (χ0v) is 16.8. The van der Waals surface area contributed by atoms with Gasteiger partial charge in [-0.3, -0.25) is 0 Å². The van der Waals surface area contributed by atoms with Crippen LogP contribution in [0.2, 0.25) is 0 Å². The summed E-state index contributed by atoms with van der Waals surface area (Å²) in [5.74, 6) is -0.0476. The van der Waals surface area contributed by atoms with E-state index in [1.54, 1.807) is 12.1 Å². The quantitative estimate of drug-likeness (QED) is 0.704. The number of hydrogen-bond donors (Lipinski definition) is 3. The van der Waals surface area contributed by atoms with Crippen molar-refractivity contribution in [2.45, 2.75) is 36.6 Å². The van der Waals surface area contributed by atoms with Crippen molar-refractivity contribution in [1.29, 1.82) is 0 Å². The number of allylic oxidation sites excluding steroid dienone is 3. The molecule has 0 unspecified atom stereocenters. The number of fused-ring (bicyclic) bond motifs is 1. The van der Waals surface area contributed by atoms with Gasteiger partial charge in [0.25, 0.3) is 0 Å². The van der Waals surface area contributed by atoms with Gasteiger partial charge in [0.2, 0.25) is 0 Å². The van der Waals surface area contributed by atoms with E-state index in [1.165, 1.54) is 17.7 Å². The highest BCUT2D eigenvalue weighted by atomic mass is 32.2. The molecule has 0 saturated carbocycles. The minimum atomic E-state index is -3.47. The maximum Gasteiger partial charge on any atom is 0.323 e. The second-order valence-electron chi connectivity index (χ2n) is 7.21. The van der Waals surface area contributed by atoms with Crippen molar-refractivity contribution in [2.75, 3.05) is 5.32 Å². The van der Waals surface area contributed by atoms with E-state index in [4.69, 9.17) is 0 Å². The van der Waals surface area contributed by atoms with Crippen molar-refractivity contribution in [3.05, 3.63) is 83.1 Å². The second-order valence-corrected chi connectivity index (χ2v) is 9.20. The Kier molecular flexibility index (Phi) is 5.51. The molecule has 1 aliphatic heterocycles. The third kappa shape index (κ3) is 4.75. The highest BCUT2D eigenvalue weighted by Gasteiger charge is 2.18. The SMILES string of the molecule is O=C(NC1=CCCC=C1)Nc1ccc(S(=O)(=O)Cc2ccc3c(c2)CNC3)cc1. The highest BCUT2D eigenvalue weighted by molar-refractivity contribution is 7.90. The largest absolute Gasteiger partial charge is 0.323 e. The Labute approximate surface area is 170 Å². The Morgan fingerprint density at radius 2 is 1.76 bits per heavy atom. The molecule has 0 atom stereocenters. The van der Waals surface area contributed by atoms with Crippen LogP contribution in [0.3, 0.4) is 0 Å². The minimum absolute atomic E-state index is 0.0476. The van der Waals surface area contributed by atoms with Crippen molar-refractivity contribution < 1.29 is 13.2 Å². The van der Waals surface area contributed by atoms with Crippen LogP contribution in [0.4, 0.5) is 10.5 Å². The zero-order valence-electron chi connectivity index (χ0n) is 15.9. The summed E-state index contributed by atoms with van der Waals surface area (Å²) < 4.78 is 25.5. The summed E-state index contributed by atoms with van der Waals surface area (Å²) in [6, 6.07) is 11.7. The Bertz CT molecular complexity index is 1090. The fourth-order valence-electron chi connectivity index (χ4n) is 3.49. The predicted octanol–water partition coefficient (Wildman–Crippen LogP) is 3.62. The summed E-state index contributed by atoms with van der Waals surface area (Å²) in [6.07, 6.45) is 7.72. The van der Waals surface area contributed by atoms with Gasteiger partial charge in [0.1, 0.15) is 0 Å². The number of anilines is 1. The van der Waals surface area contributed by atoms with Crippen molar-refractivity contribution >= 4 is 21.6 Å².